The summed E-state index contributed by atoms with van der Waals surface area (Å²) in [6.45, 7) is 5.28. The number of benzene rings is 2. The predicted octanol–water partition coefficient (Wildman–Crippen LogP) is 5.50. The van der Waals surface area contributed by atoms with Gasteiger partial charge < -0.3 is 5.32 Å². The molecule has 0 saturated carbocycles. The second-order valence-corrected chi connectivity index (χ2v) is 6.35. The summed E-state index contributed by atoms with van der Waals surface area (Å²) in [7, 11) is 0. The molecule has 0 heterocycles. The highest BCUT2D eigenvalue weighted by molar-refractivity contribution is 9.10. The van der Waals surface area contributed by atoms with E-state index in [2.05, 4.69) is 65.4 Å². The highest BCUT2D eigenvalue weighted by atomic mass is 79.9. The standard InChI is InChI=1S/C17H19BrClN/c1-3-8-20-17(13-4-6-16(19)7-5-13)14-9-12(2)10-15(18)11-14/h4-7,9-11,17,20H,3,8H2,1-2H3. The van der Waals surface area contributed by atoms with Gasteiger partial charge in [-0.1, -0.05) is 52.7 Å². The molecule has 0 radical (unpaired) electrons. The second kappa shape index (κ2) is 7.26. The Morgan fingerprint density at radius 3 is 2.40 bits per heavy atom. The molecule has 106 valence electrons. The van der Waals surface area contributed by atoms with Crippen LogP contribution in [0, 0.1) is 6.92 Å². The van der Waals surface area contributed by atoms with E-state index in [1.54, 1.807) is 0 Å². The highest BCUT2D eigenvalue weighted by Gasteiger charge is 2.14. The summed E-state index contributed by atoms with van der Waals surface area (Å²) in [6.07, 6.45) is 1.11. The summed E-state index contributed by atoms with van der Waals surface area (Å²) in [4.78, 5) is 0. The summed E-state index contributed by atoms with van der Waals surface area (Å²) >= 11 is 9.57. The summed E-state index contributed by atoms with van der Waals surface area (Å²) in [6, 6.07) is 14.8. The van der Waals surface area contributed by atoms with E-state index in [0.29, 0.717) is 0 Å². The molecule has 3 heteroatoms. The molecule has 2 rings (SSSR count). The third-order valence-electron chi connectivity index (χ3n) is 3.20. The van der Waals surface area contributed by atoms with Crippen LogP contribution in [-0.2, 0) is 0 Å². The van der Waals surface area contributed by atoms with E-state index in [4.69, 9.17) is 11.6 Å². The van der Waals surface area contributed by atoms with Crippen LogP contribution in [0.2, 0.25) is 5.02 Å². The number of hydrogen-bond donors (Lipinski definition) is 1. The molecule has 0 saturated heterocycles. The molecule has 2 aromatic rings. The zero-order chi connectivity index (χ0) is 14.5. The molecule has 0 spiro atoms. The van der Waals surface area contributed by atoms with Crippen LogP contribution < -0.4 is 5.32 Å². The monoisotopic (exact) mass is 351 g/mol. The molecular weight excluding hydrogens is 334 g/mol. The predicted molar refractivity (Wildman–Crippen MR) is 90.5 cm³/mol. The number of halogens is 2. The molecule has 0 fully saturated rings. The summed E-state index contributed by atoms with van der Waals surface area (Å²) < 4.78 is 1.12. The highest BCUT2D eigenvalue weighted by Crippen LogP contribution is 2.27. The Kier molecular flexibility index (Phi) is 5.64. The molecular formula is C17H19BrClN. The smallest absolute Gasteiger partial charge is 0.0577 e. The molecule has 0 aliphatic carbocycles. The Hall–Kier alpha value is -0.830. The van der Waals surface area contributed by atoms with Crippen molar-refractivity contribution in [3.63, 3.8) is 0 Å². The van der Waals surface area contributed by atoms with Gasteiger partial charge in [0.05, 0.1) is 6.04 Å². The number of aryl methyl sites for hydroxylation is 1. The van der Waals surface area contributed by atoms with Gasteiger partial charge in [-0.25, -0.2) is 0 Å². The molecule has 1 nitrogen and oxygen atoms in total. The summed E-state index contributed by atoms with van der Waals surface area (Å²) in [5.74, 6) is 0. The molecule has 0 aliphatic rings. The minimum absolute atomic E-state index is 0.198. The van der Waals surface area contributed by atoms with Crippen LogP contribution in [0.5, 0.6) is 0 Å². The van der Waals surface area contributed by atoms with Crippen LogP contribution >= 0.6 is 27.5 Å². The first-order valence-electron chi connectivity index (χ1n) is 6.86. The topological polar surface area (TPSA) is 12.0 Å². The molecule has 1 atom stereocenters. The van der Waals surface area contributed by atoms with Gasteiger partial charge in [-0.05, 0) is 60.8 Å². The average molecular weight is 353 g/mol. The zero-order valence-electron chi connectivity index (χ0n) is 11.8. The molecule has 1 N–H and O–H groups in total. The van der Waals surface area contributed by atoms with Crippen molar-refractivity contribution in [2.45, 2.75) is 26.3 Å². The van der Waals surface area contributed by atoms with Crippen LogP contribution in [0.15, 0.2) is 46.9 Å². The third-order valence-corrected chi connectivity index (χ3v) is 3.91. The zero-order valence-corrected chi connectivity index (χ0v) is 14.1. The maximum atomic E-state index is 5.99. The minimum atomic E-state index is 0.198. The first-order chi connectivity index (χ1) is 9.60. The van der Waals surface area contributed by atoms with Crippen LogP contribution in [0.1, 0.15) is 36.1 Å². The van der Waals surface area contributed by atoms with Crippen molar-refractivity contribution in [2.24, 2.45) is 0 Å². The Morgan fingerprint density at radius 1 is 1.10 bits per heavy atom. The summed E-state index contributed by atoms with van der Waals surface area (Å²) in [5, 5.41) is 4.38. The maximum Gasteiger partial charge on any atom is 0.0577 e. The number of hydrogen-bond acceptors (Lipinski definition) is 1. The van der Waals surface area contributed by atoms with Crippen LogP contribution in [0.25, 0.3) is 0 Å². The van der Waals surface area contributed by atoms with E-state index < -0.39 is 0 Å². The maximum absolute atomic E-state index is 5.99. The van der Waals surface area contributed by atoms with Gasteiger partial charge in [0.25, 0.3) is 0 Å². The fraction of sp³-hybridized carbons (Fsp3) is 0.294. The van der Waals surface area contributed by atoms with Gasteiger partial charge in [-0.2, -0.15) is 0 Å². The van der Waals surface area contributed by atoms with Gasteiger partial charge in [0.1, 0.15) is 0 Å². The van der Waals surface area contributed by atoms with Crippen molar-refractivity contribution in [2.75, 3.05) is 6.54 Å². The minimum Gasteiger partial charge on any atom is -0.306 e. The van der Waals surface area contributed by atoms with Gasteiger partial charge in [-0.3, -0.25) is 0 Å². The average Bonchev–Trinajstić information content (AvgIpc) is 2.40. The summed E-state index contributed by atoms with van der Waals surface area (Å²) in [5.41, 5.74) is 3.76. The van der Waals surface area contributed by atoms with E-state index >= 15 is 0 Å². The lowest BCUT2D eigenvalue weighted by Gasteiger charge is -2.20. The first-order valence-corrected chi connectivity index (χ1v) is 8.03. The van der Waals surface area contributed by atoms with Crippen LogP contribution in [0.4, 0.5) is 0 Å². The SMILES string of the molecule is CCCNC(c1ccc(Cl)cc1)c1cc(C)cc(Br)c1. The van der Waals surface area contributed by atoms with Crippen molar-refractivity contribution in [3.05, 3.63) is 68.7 Å². The quantitative estimate of drug-likeness (QED) is 0.749. The molecule has 2 aromatic carbocycles. The van der Waals surface area contributed by atoms with E-state index in [9.17, 15) is 0 Å². The van der Waals surface area contributed by atoms with Crippen molar-refractivity contribution in [1.29, 1.82) is 0 Å². The lowest BCUT2D eigenvalue weighted by atomic mass is 9.97. The lowest BCUT2D eigenvalue weighted by Crippen LogP contribution is -2.23. The van der Waals surface area contributed by atoms with Gasteiger partial charge in [0.2, 0.25) is 0 Å². The molecule has 20 heavy (non-hydrogen) atoms. The van der Waals surface area contributed by atoms with Crippen molar-refractivity contribution in [1.82, 2.24) is 5.32 Å². The molecule has 0 bridgehead atoms. The van der Waals surface area contributed by atoms with Gasteiger partial charge >= 0.3 is 0 Å². The Bertz CT molecular complexity index is 545. The Balaban J connectivity index is 2.38. The second-order valence-electron chi connectivity index (χ2n) is 5.00. The molecule has 0 aromatic heterocycles. The Morgan fingerprint density at radius 2 is 1.80 bits per heavy atom. The van der Waals surface area contributed by atoms with E-state index in [1.165, 1.54) is 16.7 Å². The Labute approximate surface area is 134 Å². The van der Waals surface area contributed by atoms with Crippen LogP contribution in [0.3, 0.4) is 0 Å². The van der Waals surface area contributed by atoms with Crippen molar-refractivity contribution < 1.29 is 0 Å². The van der Waals surface area contributed by atoms with Crippen LogP contribution in [-0.4, -0.2) is 6.54 Å². The fourth-order valence-electron chi connectivity index (χ4n) is 2.30. The van der Waals surface area contributed by atoms with Gasteiger partial charge in [0, 0.05) is 9.50 Å². The largest absolute Gasteiger partial charge is 0.306 e. The van der Waals surface area contributed by atoms with Crippen molar-refractivity contribution >= 4 is 27.5 Å². The van der Waals surface area contributed by atoms with E-state index in [-0.39, 0.29) is 6.04 Å². The molecule has 0 aliphatic heterocycles. The third kappa shape index (κ3) is 4.08. The van der Waals surface area contributed by atoms with Gasteiger partial charge in [-0.15, -0.1) is 0 Å². The normalized spacial score (nSPS) is 12.4. The van der Waals surface area contributed by atoms with Crippen molar-refractivity contribution in [3.8, 4) is 0 Å². The number of nitrogens with one attached hydrogen (secondary N) is 1. The fourth-order valence-corrected chi connectivity index (χ4v) is 3.05. The van der Waals surface area contributed by atoms with E-state index in [1.807, 2.05) is 12.1 Å². The molecule has 0 amide bonds. The lowest BCUT2D eigenvalue weighted by molar-refractivity contribution is 0.598. The number of rotatable bonds is 5. The molecule has 1 unspecified atom stereocenters. The first kappa shape index (κ1) is 15.6. The van der Waals surface area contributed by atoms with Gasteiger partial charge in [0.15, 0.2) is 0 Å². The van der Waals surface area contributed by atoms with E-state index in [0.717, 1.165) is 22.5 Å².